The van der Waals surface area contributed by atoms with E-state index >= 15 is 0 Å². The van der Waals surface area contributed by atoms with E-state index in [2.05, 4.69) is 18.8 Å². The molecule has 1 aromatic rings. The van der Waals surface area contributed by atoms with E-state index in [1.165, 1.54) is 0 Å². The number of benzene rings is 1. The highest BCUT2D eigenvalue weighted by Crippen LogP contribution is 2.12. The van der Waals surface area contributed by atoms with Crippen molar-refractivity contribution in [3.63, 3.8) is 0 Å². The Kier molecular flexibility index (Phi) is 4.61. The van der Waals surface area contributed by atoms with Crippen LogP contribution < -0.4 is 5.32 Å². The van der Waals surface area contributed by atoms with Gasteiger partial charge in [-0.2, -0.15) is 0 Å². The minimum Gasteiger partial charge on any atom is -0.326 e. The van der Waals surface area contributed by atoms with Crippen molar-refractivity contribution in [3.8, 4) is 0 Å². The van der Waals surface area contributed by atoms with Crippen LogP contribution in [0.15, 0.2) is 30.8 Å². The number of anilines is 1. The van der Waals surface area contributed by atoms with E-state index in [9.17, 15) is 4.79 Å². The summed E-state index contributed by atoms with van der Waals surface area (Å²) in [5.74, 6) is 0.0815. The van der Waals surface area contributed by atoms with E-state index < -0.39 is 0 Å². The number of nitrogens with one attached hydrogen (secondary N) is 1. The SMILES string of the molecule is C=Cc1cccc(NC(=O)CCCC)c1. The van der Waals surface area contributed by atoms with Crippen LogP contribution in [0.2, 0.25) is 0 Å². The van der Waals surface area contributed by atoms with Gasteiger partial charge in [-0.15, -0.1) is 0 Å². The third kappa shape index (κ3) is 3.98. The van der Waals surface area contributed by atoms with E-state index in [-0.39, 0.29) is 5.91 Å². The average Bonchev–Trinajstić information content (AvgIpc) is 2.26. The van der Waals surface area contributed by atoms with Gasteiger partial charge in [0.25, 0.3) is 0 Å². The van der Waals surface area contributed by atoms with E-state index in [1.807, 2.05) is 24.3 Å². The predicted octanol–water partition coefficient (Wildman–Crippen LogP) is 3.46. The number of unbranched alkanes of at least 4 members (excludes halogenated alkanes) is 1. The fourth-order valence-corrected chi connectivity index (χ4v) is 1.30. The lowest BCUT2D eigenvalue weighted by Crippen LogP contribution is -2.10. The van der Waals surface area contributed by atoms with Gasteiger partial charge in [0.1, 0.15) is 0 Å². The maximum atomic E-state index is 11.4. The monoisotopic (exact) mass is 203 g/mol. The molecule has 0 saturated heterocycles. The molecule has 0 unspecified atom stereocenters. The molecule has 0 spiro atoms. The van der Waals surface area contributed by atoms with Crippen LogP contribution in [0.4, 0.5) is 5.69 Å². The molecule has 0 fully saturated rings. The molecule has 80 valence electrons. The summed E-state index contributed by atoms with van der Waals surface area (Å²) in [6.07, 6.45) is 4.34. The van der Waals surface area contributed by atoms with Gasteiger partial charge in [0, 0.05) is 12.1 Å². The molecule has 1 aromatic carbocycles. The highest BCUT2D eigenvalue weighted by Gasteiger charge is 2.00. The molecular formula is C13H17NO. The van der Waals surface area contributed by atoms with Crippen molar-refractivity contribution in [1.29, 1.82) is 0 Å². The van der Waals surface area contributed by atoms with Crippen LogP contribution in [0.1, 0.15) is 31.7 Å². The highest BCUT2D eigenvalue weighted by atomic mass is 16.1. The second-order valence-electron chi connectivity index (χ2n) is 3.48. The number of hydrogen-bond acceptors (Lipinski definition) is 1. The standard InChI is InChI=1S/C13H17NO/c1-3-5-9-13(15)14-12-8-6-7-11(4-2)10-12/h4,6-8,10H,2-3,5,9H2,1H3,(H,14,15). The first-order valence-corrected chi connectivity index (χ1v) is 5.28. The van der Waals surface area contributed by atoms with Gasteiger partial charge in [-0.1, -0.05) is 38.1 Å². The molecule has 0 radical (unpaired) electrons. The average molecular weight is 203 g/mol. The smallest absolute Gasteiger partial charge is 0.224 e. The zero-order valence-corrected chi connectivity index (χ0v) is 9.12. The molecule has 0 aliphatic carbocycles. The topological polar surface area (TPSA) is 29.1 Å². The highest BCUT2D eigenvalue weighted by molar-refractivity contribution is 5.90. The normalized spacial score (nSPS) is 9.67. The third-order valence-electron chi connectivity index (χ3n) is 2.16. The summed E-state index contributed by atoms with van der Waals surface area (Å²) in [6.45, 7) is 5.76. The minimum absolute atomic E-state index is 0.0815. The van der Waals surface area contributed by atoms with Crippen molar-refractivity contribution in [3.05, 3.63) is 36.4 Å². The van der Waals surface area contributed by atoms with Gasteiger partial charge in [0.05, 0.1) is 0 Å². The van der Waals surface area contributed by atoms with Crippen LogP contribution in [0, 0.1) is 0 Å². The zero-order valence-electron chi connectivity index (χ0n) is 9.12. The molecule has 1 rings (SSSR count). The Bertz CT molecular complexity index is 344. The molecule has 15 heavy (non-hydrogen) atoms. The van der Waals surface area contributed by atoms with Crippen molar-refractivity contribution in [2.45, 2.75) is 26.2 Å². The number of amides is 1. The van der Waals surface area contributed by atoms with E-state index in [1.54, 1.807) is 6.08 Å². The Balaban J connectivity index is 2.56. The van der Waals surface area contributed by atoms with Crippen molar-refractivity contribution in [2.24, 2.45) is 0 Å². The first-order chi connectivity index (χ1) is 7.26. The fraction of sp³-hybridized carbons (Fsp3) is 0.308. The summed E-state index contributed by atoms with van der Waals surface area (Å²) < 4.78 is 0. The molecule has 0 atom stereocenters. The van der Waals surface area contributed by atoms with Crippen LogP contribution >= 0.6 is 0 Å². The number of carbonyl (C=O) groups is 1. The maximum Gasteiger partial charge on any atom is 0.224 e. The van der Waals surface area contributed by atoms with Gasteiger partial charge < -0.3 is 5.32 Å². The summed E-state index contributed by atoms with van der Waals surface area (Å²) in [6, 6.07) is 7.66. The Labute approximate surface area is 91.0 Å². The molecule has 1 amide bonds. The van der Waals surface area contributed by atoms with Crippen LogP contribution in [0.5, 0.6) is 0 Å². The second kappa shape index (κ2) is 6.02. The van der Waals surface area contributed by atoms with Gasteiger partial charge in [0.15, 0.2) is 0 Å². The van der Waals surface area contributed by atoms with Crippen molar-refractivity contribution in [2.75, 3.05) is 5.32 Å². The Morgan fingerprint density at radius 2 is 2.33 bits per heavy atom. The molecular weight excluding hydrogens is 186 g/mol. The number of hydrogen-bond donors (Lipinski definition) is 1. The molecule has 0 aliphatic rings. The largest absolute Gasteiger partial charge is 0.326 e. The summed E-state index contributed by atoms with van der Waals surface area (Å²) >= 11 is 0. The third-order valence-corrected chi connectivity index (χ3v) is 2.16. The molecule has 0 bridgehead atoms. The maximum absolute atomic E-state index is 11.4. The van der Waals surface area contributed by atoms with Gasteiger partial charge in [0.2, 0.25) is 5.91 Å². The Morgan fingerprint density at radius 3 is 3.00 bits per heavy atom. The molecule has 1 N–H and O–H groups in total. The van der Waals surface area contributed by atoms with Crippen LogP contribution in [-0.2, 0) is 4.79 Å². The summed E-state index contributed by atoms with van der Waals surface area (Å²) in [7, 11) is 0. The molecule has 0 aromatic heterocycles. The molecule has 0 heterocycles. The summed E-state index contributed by atoms with van der Waals surface area (Å²) in [5.41, 5.74) is 1.86. The van der Waals surface area contributed by atoms with Gasteiger partial charge >= 0.3 is 0 Å². The molecule has 2 nitrogen and oxygen atoms in total. The lowest BCUT2D eigenvalue weighted by atomic mass is 10.2. The quantitative estimate of drug-likeness (QED) is 0.780. The van der Waals surface area contributed by atoms with Crippen LogP contribution in [0.3, 0.4) is 0 Å². The van der Waals surface area contributed by atoms with Gasteiger partial charge in [-0.25, -0.2) is 0 Å². The van der Waals surface area contributed by atoms with Crippen molar-refractivity contribution >= 4 is 17.7 Å². The zero-order chi connectivity index (χ0) is 11.1. The van der Waals surface area contributed by atoms with Crippen molar-refractivity contribution in [1.82, 2.24) is 0 Å². The van der Waals surface area contributed by atoms with E-state index in [0.717, 1.165) is 24.1 Å². The lowest BCUT2D eigenvalue weighted by molar-refractivity contribution is -0.116. The number of rotatable bonds is 5. The second-order valence-corrected chi connectivity index (χ2v) is 3.48. The van der Waals surface area contributed by atoms with Crippen LogP contribution in [-0.4, -0.2) is 5.91 Å². The lowest BCUT2D eigenvalue weighted by Gasteiger charge is -2.05. The Hall–Kier alpha value is -1.57. The van der Waals surface area contributed by atoms with Gasteiger partial charge in [-0.3, -0.25) is 4.79 Å². The first-order valence-electron chi connectivity index (χ1n) is 5.28. The number of carbonyl (C=O) groups excluding carboxylic acids is 1. The van der Waals surface area contributed by atoms with Crippen molar-refractivity contribution < 1.29 is 4.79 Å². The summed E-state index contributed by atoms with van der Waals surface area (Å²) in [4.78, 5) is 11.4. The van der Waals surface area contributed by atoms with E-state index in [0.29, 0.717) is 6.42 Å². The predicted molar refractivity (Wildman–Crippen MR) is 64.7 cm³/mol. The first kappa shape index (κ1) is 11.5. The summed E-state index contributed by atoms with van der Waals surface area (Å²) in [5, 5.41) is 2.86. The Morgan fingerprint density at radius 1 is 1.53 bits per heavy atom. The van der Waals surface area contributed by atoms with E-state index in [4.69, 9.17) is 0 Å². The van der Waals surface area contributed by atoms with Gasteiger partial charge in [-0.05, 0) is 24.1 Å². The van der Waals surface area contributed by atoms with Crippen LogP contribution in [0.25, 0.3) is 6.08 Å². The fourth-order valence-electron chi connectivity index (χ4n) is 1.30. The molecule has 0 saturated carbocycles. The molecule has 2 heteroatoms. The molecule has 0 aliphatic heterocycles. The minimum atomic E-state index is 0.0815.